The first-order valence-corrected chi connectivity index (χ1v) is 11.6. The van der Waals surface area contributed by atoms with Gasteiger partial charge in [0, 0.05) is 34.8 Å². The molecular weight excluding hydrogens is 525 g/mol. The number of hydrogen-bond donors (Lipinski definition) is 0. The van der Waals surface area contributed by atoms with Gasteiger partial charge in [-0.25, -0.2) is 18.0 Å². The van der Waals surface area contributed by atoms with E-state index < -0.39 is 47.4 Å². The second-order valence-corrected chi connectivity index (χ2v) is 8.55. The Bertz CT molecular complexity index is 1680. The average Bonchev–Trinajstić information content (AvgIpc) is 3.45. The predicted octanol–water partition coefficient (Wildman–Crippen LogP) is 6.27. The summed E-state index contributed by atoms with van der Waals surface area (Å²) in [5.41, 5.74) is 2.27. The van der Waals surface area contributed by atoms with Crippen LogP contribution in [-0.4, -0.2) is 22.9 Å². The zero-order valence-electron chi connectivity index (χ0n) is 20.4. The van der Waals surface area contributed by atoms with Gasteiger partial charge in [0.15, 0.2) is 18.1 Å². The van der Waals surface area contributed by atoms with E-state index in [0.717, 1.165) is 23.0 Å². The number of hydrogen-bond acceptors (Lipinski definition) is 5. The minimum atomic E-state index is -2.35. The van der Waals surface area contributed by atoms with E-state index in [9.17, 15) is 31.5 Å². The molecule has 0 aliphatic carbocycles. The van der Waals surface area contributed by atoms with Crippen LogP contribution in [0.4, 0.5) is 22.0 Å². The first-order chi connectivity index (χ1) is 18.6. The molecule has 0 saturated heterocycles. The number of ether oxygens (including phenoxy) is 3. The number of Topliss-reactive ketones (excluding diaryl/α,β-unsaturated/α-hetero) is 1. The molecule has 0 saturated carbocycles. The SMILES string of the molecule is CCn1cc(/C=C2\Oc3c(ccc(OC(=O)COc4c(F)c(F)c(F)c(F)c4F)c3C)C2=O)c2ccccc21. The Morgan fingerprint density at radius 1 is 0.974 bits per heavy atom. The van der Waals surface area contributed by atoms with Crippen LogP contribution in [0.15, 0.2) is 48.4 Å². The van der Waals surface area contributed by atoms with E-state index in [0.29, 0.717) is 0 Å². The molecule has 0 N–H and O–H groups in total. The molecule has 2 heterocycles. The molecule has 1 aromatic heterocycles. The summed E-state index contributed by atoms with van der Waals surface area (Å²) < 4.78 is 85.0. The van der Waals surface area contributed by atoms with E-state index in [4.69, 9.17) is 9.47 Å². The van der Waals surface area contributed by atoms with Crippen molar-refractivity contribution >= 4 is 28.7 Å². The van der Waals surface area contributed by atoms with Gasteiger partial charge >= 0.3 is 5.97 Å². The van der Waals surface area contributed by atoms with Crippen LogP contribution in [0.3, 0.4) is 0 Å². The van der Waals surface area contributed by atoms with E-state index >= 15 is 0 Å². The molecule has 0 spiro atoms. The number of benzene rings is 3. The molecule has 0 fully saturated rings. The molecule has 0 amide bonds. The van der Waals surface area contributed by atoms with Gasteiger partial charge in [-0.15, -0.1) is 0 Å². The van der Waals surface area contributed by atoms with Crippen LogP contribution in [0.5, 0.6) is 17.2 Å². The van der Waals surface area contributed by atoms with Crippen molar-refractivity contribution < 1.29 is 45.8 Å². The van der Waals surface area contributed by atoms with E-state index in [1.807, 2.05) is 42.0 Å². The van der Waals surface area contributed by atoms with Crippen molar-refractivity contribution in [1.29, 1.82) is 0 Å². The lowest BCUT2D eigenvalue weighted by atomic mass is 10.1. The van der Waals surface area contributed by atoms with E-state index in [1.165, 1.54) is 19.1 Å². The summed E-state index contributed by atoms with van der Waals surface area (Å²) >= 11 is 0. The highest BCUT2D eigenvalue weighted by Crippen LogP contribution is 2.40. The Hall–Kier alpha value is -4.67. The van der Waals surface area contributed by atoms with Crippen molar-refractivity contribution in [3.8, 4) is 17.2 Å². The van der Waals surface area contributed by atoms with Crippen LogP contribution < -0.4 is 14.2 Å². The first-order valence-electron chi connectivity index (χ1n) is 11.6. The minimum absolute atomic E-state index is 0.0589. The van der Waals surface area contributed by atoms with Crippen molar-refractivity contribution in [2.75, 3.05) is 6.61 Å². The van der Waals surface area contributed by atoms with Crippen LogP contribution in [0.25, 0.3) is 17.0 Å². The molecule has 0 unspecified atom stereocenters. The summed E-state index contributed by atoms with van der Waals surface area (Å²) in [5, 5.41) is 0.930. The number of aromatic nitrogens is 1. The Morgan fingerprint density at radius 3 is 2.33 bits per heavy atom. The second kappa shape index (κ2) is 9.90. The lowest BCUT2D eigenvalue weighted by molar-refractivity contribution is -0.136. The summed E-state index contributed by atoms with van der Waals surface area (Å²) in [6, 6.07) is 10.4. The highest BCUT2D eigenvalue weighted by molar-refractivity contribution is 6.15. The lowest BCUT2D eigenvalue weighted by Gasteiger charge is -2.12. The monoisotopic (exact) mass is 543 g/mol. The van der Waals surface area contributed by atoms with Crippen LogP contribution >= 0.6 is 0 Å². The minimum Gasteiger partial charge on any atom is -0.476 e. The number of nitrogens with zero attached hydrogens (tertiary/aromatic N) is 1. The molecule has 3 aromatic carbocycles. The van der Waals surface area contributed by atoms with Crippen LogP contribution in [0.2, 0.25) is 0 Å². The van der Waals surface area contributed by atoms with Crippen molar-refractivity contribution in [2.24, 2.45) is 0 Å². The molecule has 5 rings (SSSR count). The average molecular weight is 543 g/mol. The fourth-order valence-corrected chi connectivity index (χ4v) is 4.27. The van der Waals surface area contributed by atoms with Crippen molar-refractivity contribution in [2.45, 2.75) is 20.4 Å². The maximum absolute atomic E-state index is 13.8. The fourth-order valence-electron chi connectivity index (χ4n) is 4.27. The molecule has 1 aliphatic rings. The molecule has 0 radical (unpaired) electrons. The molecule has 4 aromatic rings. The molecule has 200 valence electrons. The van der Waals surface area contributed by atoms with Gasteiger partial charge in [-0.3, -0.25) is 4.79 Å². The normalized spacial score (nSPS) is 13.6. The number of rotatable bonds is 6. The smallest absolute Gasteiger partial charge is 0.349 e. The van der Waals surface area contributed by atoms with Gasteiger partial charge < -0.3 is 18.8 Å². The summed E-state index contributed by atoms with van der Waals surface area (Å²) in [6.45, 7) is 3.07. The lowest BCUT2D eigenvalue weighted by Crippen LogP contribution is -2.20. The van der Waals surface area contributed by atoms with Gasteiger partial charge in [-0.1, -0.05) is 18.2 Å². The zero-order chi connectivity index (χ0) is 28.0. The molecule has 0 bridgehead atoms. The van der Waals surface area contributed by atoms with Crippen LogP contribution in [-0.2, 0) is 11.3 Å². The first kappa shape index (κ1) is 26.0. The summed E-state index contributed by atoms with van der Waals surface area (Å²) in [4.78, 5) is 25.3. The third-order valence-electron chi connectivity index (χ3n) is 6.21. The van der Waals surface area contributed by atoms with Crippen LogP contribution in [0, 0.1) is 36.0 Å². The van der Waals surface area contributed by atoms with E-state index in [2.05, 4.69) is 4.74 Å². The Labute approximate surface area is 217 Å². The van der Waals surface area contributed by atoms with Gasteiger partial charge in [0.25, 0.3) is 0 Å². The topological polar surface area (TPSA) is 66.8 Å². The highest BCUT2D eigenvalue weighted by atomic mass is 19.2. The standard InChI is InChI=1S/C28H18F5NO5/c1-3-34-11-14(15-6-4-5-7-17(15)34)10-19-26(36)16-8-9-18(13(2)27(16)39-19)38-20(35)12-37-28-24(32)22(30)21(29)23(31)25(28)33/h4-11H,3,12H2,1-2H3/b19-10-. The number of allylic oxidation sites excluding steroid dienone is 1. The largest absolute Gasteiger partial charge is 0.476 e. The zero-order valence-corrected chi connectivity index (χ0v) is 20.4. The molecule has 6 nitrogen and oxygen atoms in total. The van der Waals surface area contributed by atoms with E-state index in [1.54, 1.807) is 6.08 Å². The third-order valence-corrected chi connectivity index (χ3v) is 6.21. The number of carbonyl (C=O) groups is 2. The summed E-state index contributed by atoms with van der Waals surface area (Å²) in [6.07, 6.45) is 3.53. The summed E-state index contributed by atoms with van der Waals surface area (Å²) in [5.74, 6) is -14.3. The highest BCUT2D eigenvalue weighted by Gasteiger charge is 2.31. The number of ketones is 1. The Balaban J connectivity index is 1.35. The van der Waals surface area contributed by atoms with Gasteiger partial charge in [0.2, 0.25) is 34.9 Å². The molecule has 11 heteroatoms. The maximum Gasteiger partial charge on any atom is 0.349 e. The molecular formula is C28H18F5NO5. The molecule has 39 heavy (non-hydrogen) atoms. The van der Waals surface area contributed by atoms with Crippen molar-refractivity contribution in [3.05, 3.63) is 94.1 Å². The number of para-hydroxylation sites is 1. The van der Waals surface area contributed by atoms with Crippen molar-refractivity contribution in [1.82, 2.24) is 4.57 Å². The molecule has 0 atom stereocenters. The van der Waals surface area contributed by atoms with Gasteiger partial charge in [0.1, 0.15) is 11.5 Å². The van der Waals surface area contributed by atoms with Gasteiger partial charge in [-0.05, 0) is 38.1 Å². The second-order valence-electron chi connectivity index (χ2n) is 8.55. The summed E-state index contributed by atoms with van der Waals surface area (Å²) in [7, 11) is 0. The Morgan fingerprint density at radius 2 is 1.64 bits per heavy atom. The van der Waals surface area contributed by atoms with Crippen molar-refractivity contribution in [3.63, 3.8) is 0 Å². The maximum atomic E-state index is 13.8. The number of esters is 1. The number of fused-ring (bicyclic) bond motifs is 2. The predicted molar refractivity (Wildman–Crippen MR) is 129 cm³/mol. The Kier molecular flexibility index (Phi) is 6.59. The fraction of sp³-hybridized carbons (Fsp3) is 0.143. The van der Waals surface area contributed by atoms with Gasteiger partial charge in [-0.2, -0.15) is 8.78 Å². The third kappa shape index (κ3) is 4.39. The van der Waals surface area contributed by atoms with E-state index in [-0.39, 0.29) is 34.2 Å². The quantitative estimate of drug-likeness (QED) is 0.0717. The number of carbonyl (C=O) groups excluding carboxylic acids is 2. The number of halogens is 5. The molecule has 1 aliphatic heterocycles. The van der Waals surface area contributed by atoms with Gasteiger partial charge in [0.05, 0.1) is 5.56 Å². The van der Waals surface area contributed by atoms with Crippen LogP contribution in [0.1, 0.15) is 28.4 Å². The number of aryl methyl sites for hydroxylation is 1.